The fourth-order valence-electron chi connectivity index (χ4n) is 2.05. The van der Waals surface area contributed by atoms with Crippen LogP contribution in [0.4, 0.5) is 0 Å². The average molecular weight is 282 g/mol. The zero-order valence-corrected chi connectivity index (χ0v) is 13.3. The molecule has 3 heteroatoms. The van der Waals surface area contributed by atoms with E-state index in [0.717, 1.165) is 23.1 Å². The summed E-state index contributed by atoms with van der Waals surface area (Å²) in [5.41, 5.74) is 2.85. The number of carbonyl (C=O) groups excluding carboxylic acids is 1. The number of halogens is 1. The molecule has 1 N–H and O–H groups in total. The van der Waals surface area contributed by atoms with Crippen LogP contribution >= 0.6 is 11.6 Å². The Morgan fingerprint density at radius 1 is 1.32 bits per heavy atom. The Balaban J connectivity index is 2.91. The van der Waals surface area contributed by atoms with Crippen molar-refractivity contribution >= 4 is 17.5 Å². The van der Waals surface area contributed by atoms with Gasteiger partial charge in [0.2, 0.25) is 0 Å². The summed E-state index contributed by atoms with van der Waals surface area (Å²) in [6.45, 7) is 10.3. The van der Waals surface area contributed by atoms with E-state index >= 15 is 0 Å². The lowest BCUT2D eigenvalue weighted by Gasteiger charge is -2.31. The molecule has 1 unspecified atom stereocenters. The van der Waals surface area contributed by atoms with Crippen LogP contribution in [0.1, 0.15) is 48.7 Å². The van der Waals surface area contributed by atoms with Gasteiger partial charge in [0.15, 0.2) is 0 Å². The van der Waals surface area contributed by atoms with Gasteiger partial charge in [-0.1, -0.05) is 38.5 Å². The molecular weight excluding hydrogens is 258 g/mol. The maximum atomic E-state index is 12.4. The van der Waals surface area contributed by atoms with Crippen LogP contribution in [0.3, 0.4) is 0 Å². The minimum absolute atomic E-state index is 0.00226. The molecule has 0 spiro atoms. The summed E-state index contributed by atoms with van der Waals surface area (Å²) in [4.78, 5) is 12.4. The first-order valence-corrected chi connectivity index (χ1v) is 7.23. The minimum Gasteiger partial charge on any atom is -0.349 e. The van der Waals surface area contributed by atoms with E-state index < -0.39 is 0 Å². The van der Waals surface area contributed by atoms with E-state index in [-0.39, 0.29) is 17.4 Å². The number of amides is 1. The summed E-state index contributed by atoms with van der Waals surface area (Å²) in [6.07, 6.45) is 0.779. The number of benzene rings is 1. The number of carbonyl (C=O) groups is 1. The first kappa shape index (κ1) is 16.0. The van der Waals surface area contributed by atoms with Crippen LogP contribution in [0.5, 0.6) is 0 Å². The molecule has 106 valence electrons. The Morgan fingerprint density at radius 3 is 2.47 bits per heavy atom. The van der Waals surface area contributed by atoms with E-state index in [0.29, 0.717) is 5.88 Å². The average Bonchev–Trinajstić information content (AvgIpc) is 2.30. The highest BCUT2D eigenvalue weighted by Crippen LogP contribution is 2.23. The number of hydrogen-bond acceptors (Lipinski definition) is 1. The Kier molecular flexibility index (Phi) is 5.42. The van der Waals surface area contributed by atoms with Crippen molar-refractivity contribution in [2.45, 2.75) is 47.1 Å². The molecule has 0 aromatic heterocycles. The molecule has 1 rings (SSSR count). The molecule has 0 saturated heterocycles. The Bertz CT molecular complexity index is 449. The van der Waals surface area contributed by atoms with Gasteiger partial charge in [0, 0.05) is 17.5 Å². The van der Waals surface area contributed by atoms with Gasteiger partial charge in [0.05, 0.1) is 0 Å². The maximum Gasteiger partial charge on any atom is 0.251 e. The molecule has 1 aromatic carbocycles. The summed E-state index contributed by atoms with van der Waals surface area (Å²) in [5.74, 6) is 0.543. The van der Waals surface area contributed by atoms with Crippen molar-refractivity contribution < 1.29 is 4.79 Å². The quantitative estimate of drug-likeness (QED) is 0.828. The summed E-state index contributed by atoms with van der Waals surface area (Å²) in [7, 11) is 0. The third-order valence-corrected chi connectivity index (χ3v) is 3.60. The molecule has 19 heavy (non-hydrogen) atoms. The van der Waals surface area contributed by atoms with Crippen LogP contribution < -0.4 is 5.32 Å². The van der Waals surface area contributed by atoms with Crippen molar-refractivity contribution in [2.24, 2.45) is 5.41 Å². The van der Waals surface area contributed by atoms with Crippen LogP contribution in [0.25, 0.3) is 0 Å². The highest BCUT2D eigenvalue weighted by atomic mass is 35.5. The van der Waals surface area contributed by atoms with Crippen LogP contribution in [0.15, 0.2) is 18.2 Å². The summed E-state index contributed by atoms with van der Waals surface area (Å²) in [5, 5.41) is 3.12. The summed E-state index contributed by atoms with van der Waals surface area (Å²) >= 11 is 5.84. The Morgan fingerprint density at radius 2 is 1.95 bits per heavy atom. The number of hydrogen-bond donors (Lipinski definition) is 1. The lowest BCUT2D eigenvalue weighted by molar-refractivity contribution is 0.0900. The van der Waals surface area contributed by atoms with Gasteiger partial charge < -0.3 is 5.32 Å². The van der Waals surface area contributed by atoms with Crippen molar-refractivity contribution in [1.29, 1.82) is 0 Å². The molecule has 1 aromatic rings. The minimum atomic E-state index is -0.00811. The van der Waals surface area contributed by atoms with E-state index in [1.54, 1.807) is 0 Å². The van der Waals surface area contributed by atoms with Gasteiger partial charge in [-0.2, -0.15) is 0 Å². The van der Waals surface area contributed by atoms with Crippen LogP contribution in [-0.2, 0) is 0 Å². The zero-order chi connectivity index (χ0) is 14.6. The van der Waals surface area contributed by atoms with E-state index in [1.807, 2.05) is 32.0 Å². The second kappa shape index (κ2) is 6.42. The molecule has 0 aliphatic rings. The van der Waals surface area contributed by atoms with Gasteiger partial charge in [0.25, 0.3) is 5.91 Å². The lowest BCUT2D eigenvalue weighted by atomic mass is 9.85. The van der Waals surface area contributed by atoms with Crippen molar-refractivity contribution in [1.82, 2.24) is 5.32 Å². The van der Waals surface area contributed by atoms with Crippen LogP contribution in [0.2, 0.25) is 0 Å². The fraction of sp³-hybridized carbons (Fsp3) is 0.562. The molecule has 0 heterocycles. The molecule has 0 aliphatic carbocycles. The molecule has 1 amide bonds. The largest absolute Gasteiger partial charge is 0.349 e. The highest BCUT2D eigenvalue weighted by molar-refractivity contribution is 6.17. The maximum absolute atomic E-state index is 12.4. The molecule has 0 aliphatic heterocycles. The first-order chi connectivity index (χ1) is 8.75. The number of rotatable bonds is 4. The van der Waals surface area contributed by atoms with Crippen LogP contribution in [-0.4, -0.2) is 17.8 Å². The topological polar surface area (TPSA) is 29.1 Å². The van der Waals surface area contributed by atoms with Gasteiger partial charge in [-0.3, -0.25) is 4.79 Å². The van der Waals surface area contributed by atoms with E-state index in [4.69, 9.17) is 11.6 Å². The Labute approximate surface area is 121 Å². The predicted octanol–water partition coefficient (Wildman–Crippen LogP) is 4.08. The normalized spacial score (nSPS) is 13.2. The van der Waals surface area contributed by atoms with Gasteiger partial charge >= 0.3 is 0 Å². The third kappa shape index (κ3) is 4.54. The third-order valence-electron chi connectivity index (χ3n) is 3.39. The van der Waals surface area contributed by atoms with Crippen molar-refractivity contribution in [3.8, 4) is 0 Å². The van der Waals surface area contributed by atoms with Crippen molar-refractivity contribution in [2.75, 3.05) is 5.88 Å². The Hall–Kier alpha value is -1.02. The molecule has 1 atom stereocenters. The number of aryl methyl sites for hydroxylation is 2. The number of nitrogens with one attached hydrogen (secondary N) is 1. The van der Waals surface area contributed by atoms with E-state index in [9.17, 15) is 4.79 Å². The van der Waals surface area contributed by atoms with Gasteiger partial charge in [-0.25, -0.2) is 0 Å². The van der Waals surface area contributed by atoms with Gasteiger partial charge in [-0.05, 0) is 37.3 Å². The monoisotopic (exact) mass is 281 g/mol. The fourth-order valence-corrected chi connectivity index (χ4v) is 2.27. The van der Waals surface area contributed by atoms with Gasteiger partial charge in [0.1, 0.15) is 0 Å². The highest BCUT2D eigenvalue weighted by Gasteiger charge is 2.26. The summed E-state index contributed by atoms with van der Waals surface area (Å²) in [6, 6.07) is 6.02. The van der Waals surface area contributed by atoms with E-state index in [1.165, 1.54) is 0 Å². The molecule has 0 radical (unpaired) electrons. The van der Waals surface area contributed by atoms with Crippen LogP contribution in [0, 0.1) is 19.3 Å². The number of alkyl halides is 1. The molecule has 0 saturated carbocycles. The SMILES string of the molecule is Cc1ccc(C)c(C(=O)NC(CCCl)C(C)(C)C)c1. The van der Waals surface area contributed by atoms with Gasteiger partial charge in [-0.15, -0.1) is 11.6 Å². The smallest absolute Gasteiger partial charge is 0.251 e. The summed E-state index contributed by atoms with van der Waals surface area (Å²) < 4.78 is 0. The van der Waals surface area contributed by atoms with E-state index in [2.05, 4.69) is 26.1 Å². The zero-order valence-electron chi connectivity index (χ0n) is 12.5. The second-order valence-corrected chi connectivity index (χ2v) is 6.57. The second-order valence-electron chi connectivity index (χ2n) is 6.19. The molecule has 0 fully saturated rings. The van der Waals surface area contributed by atoms with Crippen molar-refractivity contribution in [3.63, 3.8) is 0 Å². The molecule has 2 nitrogen and oxygen atoms in total. The van der Waals surface area contributed by atoms with Crippen molar-refractivity contribution in [3.05, 3.63) is 34.9 Å². The first-order valence-electron chi connectivity index (χ1n) is 6.70. The standard InChI is InChI=1S/C16H24ClNO/c1-11-6-7-12(2)13(10-11)15(19)18-14(8-9-17)16(3,4)5/h6-7,10,14H,8-9H2,1-5H3,(H,18,19). The lowest BCUT2D eigenvalue weighted by Crippen LogP contribution is -2.44. The molecular formula is C16H24ClNO. The molecule has 0 bridgehead atoms. The predicted molar refractivity (Wildman–Crippen MR) is 82.0 cm³/mol.